The van der Waals surface area contributed by atoms with Gasteiger partial charge < -0.3 is 14.8 Å². The fourth-order valence-corrected chi connectivity index (χ4v) is 5.07. The lowest BCUT2D eigenvalue weighted by Gasteiger charge is -2.26. The van der Waals surface area contributed by atoms with E-state index >= 15 is 0 Å². The number of nitrogens with one attached hydrogen (secondary N) is 1. The van der Waals surface area contributed by atoms with Crippen LogP contribution in [0.2, 0.25) is 5.02 Å². The highest BCUT2D eigenvalue weighted by atomic mass is 35.5. The Hall–Kier alpha value is -2.91. The van der Waals surface area contributed by atoms with Crippen molar-refractivity contribution in [2.75, 3.05) is 26.3 Å². The minimum absolute atomic E-state index is 0.163. The molecule has 1 fully saturated rings. The van der Waals surface area contributed by atoms with Crippen molar-refractivity contribution in [3.05, 3.63) is 88.4 Å². The molecule has 3 aromatic carbocycles. The molecule has 178 valence electrons. The summed E-state index contributed by atoms with van der Waals surface area (Å²) in [5.41, 5.74) is 2.15. The molecule has 3 aromatic rings. The average molecular weight is 501 g/mol. The molecule has 4 rings (SSSR count). The van der Waals surface area contributed by atoms with E-state index in [1.54, 1.807) is 0 Å². The minimum Gasteiger partial charge on any atom is -0.457 e. The van der Waals surface area contributed by atoms with Gasteiger partial charge in [-0.25, -0.2) is 8.42 Å². The van der Waals surface area contributed by atoms with Crippen molar-refractivity contribution >= 4 is 27.5 Å². The Balaban J connectivity index is 1.34. The summed E-state index contributed by atoms with van der Waals surface area (Å²) in [5.74, 6) is 1.07. The number of nitrogens with zero attached hydrogens (tertiary/aromatic N) is 1. The number of benzene rings is 3. The molecule has 34 heavy (non-hydrogen) atoms. The van der Waals surface area contributed by atoms with Crippen LogP contribution in [0.25, 0.3) is 0 Å². The Bertz CT molecular complexity index is 1260. The Morgan fingerprint density at radius 3 is 2.38 bits per heavy atom. The van der Waals surface area contributed by atoms with Crippen molar-refractivity contribution in [2.45, 2.75) is 18.4 Å². The number of halogens is 1. The molecule has 9 heteroatoms. The smallest absolute Gasteiger partial charge is 0.251 e. The molecule has 0 aliphatic carbocycles. The zero-order valence-corrected chi connectivity index (χ0v) is 20.2. The molecule has 0 atom stereocenters. The molecule has 1 N–H and O–H groups in total. The van der Waals surface area contributed by atoms with E-state index in [0.29, 0.717) is 54.9 Å². The molecule has 1 saturated heterocycles. The van der Waals surface area contributed by atoms with E-state index in [2.05, 4.69) is 5.32 Å². The Kier molecular flexibility index (Phi) is 7.53. The standard InChI is InChI=1S/C25H25ClN2O5S/c1-18-23(26)3-2-4-24(18)33-21-9-5-19(6-10-21)17-27-25(29)20-7-11-22(12-8-20)34(30,31)28-13-15-32-16-14-28/h2-12H,13-17H2,1H3,(H,27,29). The molecular formula is C25H25ClN2O5S. The summed E-state index contributed by atoms with van der Waals surface area (Å²) in [6.45, 7) is 3.63. The van der Waals surface area contributed by atoms with Crippen molar-refractivity contribution < 1.29 is 22.7 Å². The van der Waals surface area contributed by atoms with Crippen molar-refractivity contribution in [2.24, 2.45) is 0 Å². The Morgan fingerprint density at radius 2 is 1.71 bits per heavy atom. The first-order valence-corrected chi connectivity index (χ1v) is 12.6. The molecule has 0 aromatic heterocycles. The van der Waals surface area contributed by atoms with Gasteiger partial charge in [0.25, 0.3) is 5.91 Å². The molecule has 7 nitrogen and oxygen atoms in total. The summed E-state index contributed by atoms with van der Waals surface area (Å²) in [5, 5.41) is 3.49. The maximum absolute atomic E-state index is 12.7. The molecule has 0 bridgehead atoms. The van der Waals surface area contributed by atoms with Gasteiger partial charge in [-0.2, -0.15) is 4.31 Å². The van der Waals surface area contributed by atoms with Crippen molar-refractivity contribution in [1.29, 1.82) is 0 Å². The largest absolute Gasteiger partial charge is 0.457 e. The van der Waals surface area contributed by atoms with Crippen LogP contribution in [0.5, 0.6) is 11.5 Å². The van der Waals surface area contributed by atoms with Crippen LogP contribution in [0, 0.1) is 6.92 Å². The fourth-order valence-electron chi connectivity index (χ4n) is 3.50. The summed E-state index contributed by atoms with van der Waals surface area (Å²) in [7, 11) is -3.59. The second-order valence-electron chi connectivity index (χ2n) is 7.83. The minimum atomic E-state index is -3.59. The third-order valence-electron chi connectivity index (χ3n) is 5.55. The molecular weight excluding hydrogens is 476 g/mol. The van der Waals surface area contributed by atoms with Gasteiger partial charge in [-0.1, -0.05) is 29.8 Å². The lowest BCUT2D eigenvalue weighted by Crippen LogP contribution is -2.40. The monoisotopic (exact) mass is 500 g/mol. The normalized spacial score (nSPS) is 14.5. The molecule has 0 spiro atoms. The van der Waals surface area contributed by atoms with Gasteiger partial charge in [0.05, 0.1) is 18.1 Å². The van der Waals surface area contributed by atoms with Crippen LogP contribution in [0.15, 0.2) is 71.6 Å². The van der Waals surface area contributed by atoms with E-state index in [9.17, 15) is 13.2 Å². The van der Waals surface area contributed by atoms with Gasteiger partial charge >= 0.3 is 0 Å². The quantitative estimate of drug-likeness (QED) is 0.520. The number of morpholine rings is 1. The molecule has 0 unspecified atom stereocenters. The van der Waals surface area contributed by atoms with E-state index < -0.39 is 10.0 Å². The van der Waals surface area contributed by atoms with Crippen molar-refractivity contribution in [3.63, 3.8) is 0 Å². The van der Waals surface area contributed by atoms with E-state index in [-0.39, 0.29) is 10.8 Å². The highest BCUT2D eigenvalue weighted by molar-refractivity contribution is 7.89. The highest BCUT2D eigenvalue weighted by Crippen LogP contribution is 2.29. The average Bonchev–Trinajstić information content (AvgIpc) is 2.87. The first kappa shape index (κ1) is 24.2. The lowest BCUT2D eigenvalue weighted by molar-refractivity contribution is 0.0730. The van der Waals surface area contributed by atoms with Crippen LogP contribution < -0.4 is 10.1 Å². The van der Waals surface area contributed by atoms with Gasteiger partial charge in [0, 0.05) is 35.8 Å². The van der Waals surface area contributed by atoms with Gasteiger partial charge in [0.15, 0.2) is 0 Å². The second kappa shape index (κ2) is 10.6. The zero-order chi connectivity index (χ0) is 24.1. The fraction of sp³-hybridized carbons (Fsp3) is 0.240. The number of hydrogen-bond donors (Lipinski definition) is 1. The van der Waals surface area contributed by atoms with Gasteiger partial charge in [-0.05, 0) is 61.0 Å². The summed E-state index contributed by atoms with van der Waals surface area (Å²) in [6.07, 6.45) is 0. The Morgan fingerprint density at radius 1 is 1.03 bits per heavy atom. The predicted molar refractivity (Wildman–Crippen MR) is 130 cm³/mol. The summed E-state index contributed by atoms with van der Waals surface area (Å²) in [4.78, 5) is 12.7. The van der Waals surface area contributed by atoms with Crippen LogP contribution in [-0.4, -0.2) is 44.9 Å². The van der Waals surface area contributed by atoms with Crippen LogP contribution in [0.3, 0.4) is 0 Å². The molecule has 0 radical (unpaired) electrons. The maximum Gasteiger partial charge on any atom is 0.251 e. The zero-order valence-electron chi connectivity index (χ0n) is 18.7. The number of hydrogen-bond acceptors (Lipinski definition) is 5. The number of sulfonamides is 1. The number of amides is 1. The van der Waals surface area contributed by atoms with Gasteiger partial charge in [0.1, 0.15) is 11.5 Å². The van der Waals surface area contributed by atoms with E-state index in [0.717, 1.165) is 11.1 Å². The first-order valence-electron chi connectivity index (χ1n) is 10.8. The van der Waals surface area contributed by atoms with Crippen LogP contribution in [0.1, 0.15) is 21.5 Å². The first-order chi connectivity index (χ1) is 16.3. The molecule has 1 amide bonds. The number of rotatable bonds is 7. The number of ether oxygens (including phenoxy) is 2. The van der Waals surface area contributed by atoms with Crippen molar-refractivity contribution in [1.82, 2.24) is 9.62 Å². The van der Waals surface area contributed by atoms with Crippen LogP contribution in [0.4, 0.5) is 0 Å². The van der Waals surface area contributed by atoms with Gasteiger partial charge in [-0.15, -0.1) is 0 Å². The molecule has 0 saturated carbocycles. The van der Waals surface area contributed by atoms with Crippen LogP contribution >= 0.6 is 11.6 Å². The van der Waals surface area contributed by atoms with E-state index in [1.807, 2.05) is 49.4 Å². The number of carbonyl (C=O) groups is 1. The van der Waals surface area contributed by atoms with Crippen LogP contribution in [-0.2, 0) is 21.3 Å². The van der Waals surface area contributed by atoms with E-state index in [4.69, 9.17) is 21.1 Å². The molecule has 1 aliphatic heterocycles. The summed E-state index contributed by atoms with van der Waals surface area (Å²) in [6, 6.07) is 18.9. The second-order valence-corrected chi connectivity index (χ2v) is 10.2. The third-order valence-corrected chi connectivity index (χ3v) is 7.87. The topological polar surface area (TPSA) is 84.9 Å². The Labute approximate surface area is 204 Å². The van der Waals surface area contributed by atoms with E-state index in [1.165, 1.54) is 28.6 Å². The third kappa shape index (κ3) is 5.59. The lowest BCUT2D eigenvalue weighted by atomic mass is 10.2. The number of carbonyl (C=O) groups excluding carboxylic acids is 1. The SMILES string of the molecule is Cc1c(Cl)cccc1Oc1ccc(CNC(=O)c2ccc(S(=O)(=O)N3CCOCC3)cc2)cc1. The molecule has 1 aliphatic rings. The van der Waals surface area contributed by atoms with Gasteiger partial charge in [0.2, 0.25) is 10.0 Å². The van der Waals surface area contributed by atoms with Crippen molar-refractivity contribution in [3.8, 4) is 11.5 Å². The summed E-state index contributed by atoms with van der Waals surface area (Å²) < 4.78 is 37.9. The van der Waals surface area contributed by atoms with Gasteiger partial charge in [-0.3, -0.25) is 4.79 Å². The maximum atomic E-state index is 12.7. The summed E-state index contributed by atoms with van der Waals surface area (Å²) >= 11 is 6.14. The molecule has 1 heterocycles. The highest BCUT2D eigenvalue weighted by Gasteiger charge is 2.26. The predicted octanol–water partition coefficient (Wildman–Crippen LogP) is 4.39.